The van der Waals surface area contributed by atoms with Crippen LogP contribution in [-0.4, -0.2) is 38.0 Å². The van der Waals surface area contributed by atoms with E-state index in [1.165, 1.54) is 28.8 Å². The van der Waals surface area contributed by atoms with Crippen LogP contribution < -0.4 is 5.32 Å². The van der Waals surface area contributed by atoms with E-state index in [1.54, 1.807) is 6.07 Å². The van der Waals surface area contributed by atoms with Crippen LogP contribution in [0.15, 0.2) is 24.3 Å². The minimum atomic E-state index is -3.18. The Morgan fingerprint density at radius 3 is 2.85 bits per heavy atom. The van der Waals surface area contributed by atoms with Gasteiger partial charge in [-0.1, -0.05) is 6.07 Å². The first-order chi connectivity index (χ1) is 9.34. The van der Waals surface area contributed by atoms with E-state index in [1.807, 2.05) is 0 Å². The molecule has 0 spiro atoms. The molecule has 1 N–H and O–H groups in total. The number of amides is 1. The lowest BCUT2D eigenvalue weighted by Gasteiger charge is -2.13. The number of halogens is 1. The van der Waals surface area contributed by atoms with E-state index in [9.17, 15) is 17.6 Å². The van der Waals surface area contributed by atoms with Crippen LogP contribution in [0.2, 0.25) is 0 Å². The zero-order valence-corrected chi connectivity index (χ0v) is 12.0. The highest BCUT2D eigenvalue weighted by Gasteiger charge is 2.29. The maximum Gasteiger partial charge on any atom is 0.224 e. The fourth-order valence-electron chi connectivity index (χ4n) is 2.31. The molecule has 1 heterocycles. The third-order valence-corrected chi connectivity index (χ3v) is 4.57. The first-order valence-corrected chi connectivity index (χ1v) is 8.20. The van der Waals surface area contributed by atoms with Gasteiger partial charge in [-0.05, 0) is 30.5 Å². The molecule has 0 radical (unpaired) electrons. The van der Waals surface area contributed by atoms with E-state index in [0.29, 0.717) is 25.2 Å². The number of carbonyl (C=O) groups is 1. The predicted octanol–water partition coefficient (Wildman–Crippen LogP) is 1.44. The lowest BCUT2D eigenvalue weighted by Crippen LogP contribution is -2.28. The van der Waals surface area contributed by atoms with Crippen LogP contribution in [0.4, 0.5) is 10.1 Å². The van der Waals surface area contributed by atoms with E-state index in [2.05, 4.69) is 5.32 Å². The van der Waals surface area contributed by atoms with E-state index < -0.39 is 15.8 Å². The summed E-state index contributed by atoms with van der Waals surface area (Å²) < 4.78 is 37.1. The molecule has 0 bridgehead atoms. The maximum absolute atomic E-state index is 13.0. The summed E-state index contributed by atoms with van der Waals surface area (Å²) in [7, 11) is -3.18. The molecule has 7 heteroatoms. The van der Waals surface area contributed by atoms with Gasteiger partial charge in [-0.15, -0.1) is 0 Å². The summed E-state index contributed by atoms with van der Waals surface area (Å²) in [5.74, 6) is -0.624. The van der Waals surface area contributed by atoms with Gasteiger partial charge in [0.2, 0.25) is 15.9 Å². The van der Waals surface area contributed by atoms with Gasteiger partial charge in [0.1, 0.15) is 5.82 Å². The monoisotopic (exact) mass is 300 g/mol. The van der Waals surface area contributed by atoms with E-state index in [-0.39, 0.29) is 18.2 Å². The summed E-state index contributed by atoms with van der Waals surface area (Å²) in [6.07, 6.45) is 2.08. The summed E-state index contributed by atoms with van der Waals surface area (Å²) in [6, 6.07) is 5.68. The first-order valence-electron chi connectivity index (χ1n) is 6.35. The van der Waals surface area contributed by atoms with Crippen LogP contribution in [0.25, 0.3) is 0 Å². The van der Waals surface area contributed by atoms with Gasteiger partial charge in [-0.3, -0.25) is 4.79 Å². The summed E-state index contributed by atoms with van der Waals surface area (Å²) in [6.45, 7) is 0.826. The molecule has 1 fully saturated rings. The Kier molecular flexibility index (Phi) is 4.39. The number of nitrogens with zero attached hydrogens (tertiary/aromatic N) is 1. The molecule has 1 saturated heterocycles. The Balaban J connectivity index is 1.87. The van der Waals surface area contributed by atoms with Gasteiger partial charge >= 0.3 is 0 Å². The Bertz CT molecular complexity index is 603. The second kappa shape index (κ2) is 5.88. The van der Waals surface area contributed by atoms with Crippen molar-refractivity contribution in [2.24, 2.45) is 5.92 Å². The SMILES string of the molecule is CS(=O)(=O)N1CCC(CC(=O)Nc2cccc(F)c2)C1. The van der Waals surface area contributed by atoms with Gasteiger partial charge in [-0.2, -0.15) is 0 Å². The van der Waals surface area contributed by atoms with Gasteiger partial charge in [0, 0.05) is 25.2 Å². The predicted molar refractivity (Wildman–Crippen MR) is 74.2 cm³/mol. The van der Waals surface area contributed by atoms with Crippen LogP contribution in [0, 0.1) is 11.7 Å². The number of benzene rings is 1. The summed E-state index contributed by atoms with van der Waals surface area (Å²) in [5.41, 5.74) is 0.410. The molecule has 20 heavy (non-hydrogen) atoms. The molecule has 0 aliphatic carbocycles. The smallest absolute Gasteiger partial charge is 0.224 e. The van der Waals surface area contributed by atoms with Gasteiger partial charge in [0.05, 0.1) is 6.26 Å². The summed E-state index contributed by atoms with van der Waals surface area (Å²) in [5, 5.41) is 2.62. The quantitative estimate of drug-likeness (QED) is 0.915. The highest BCUT2D eigenvalue weighted by atomic mass is 32.2. The van der Waals surface area contributed by atoms with Crippen LogP contribution in [-0.2, 0) is 14.8 Å². The molecular formula is C13H17FN2O3S. The Morgan fingerprint density at radius 2 is 2.25 bits per heavy atom. The van der Waals surface area contributed by atoms with Crippen molar-refractivity contribution in [2.45, 2.75) is 12.8 Å². The second-order valence-corrected chi connectivity index (χ2v) is 7.02. The van der Waals surface area contributed by atoms with Crippen LogP contribution in [0.3, 0.4) is 0 Å². The molecule has 1 atom stereocenters. The van der Waals surface area contributed by atoms with Crippen molar-refractivity contribution in [1.82, 2.24) is 4.31 Å². The third kappa shape index (κ3) is 4.01. The largest absolute Gasteiger partial charge is 0.326 e. The number of hydrogen-bond acceptors (Lipinski definition) is 3. The zero-order valence-electron chi connectivity index (χ0n) is 11.2. The average molecular weight is 300 g/mol. The number of hydrogen-bond donors (Lipinski definition) is 1. The van der Waals surface area contributed by atoms with Crippen molar-refractivity contribution >= 4 is 21.6 Å². The van der Waals surface area contributed by atoms with Crippen molar-refractivity contribution in [3.05, 3.63) is 30.1 Å². The number of nitrogens with one attached hydrogen (secondary N) is 1. The standard InChI is InChI=1S/C13H17FN2O3S/c1-20(18,19)16-6-5-10(9-16)7-13(17)15-12-4-2-3-11(14)8-12/h2-4,8,10H,5-7,9H2,1H3,(H,15,17). The first kappa shape index (κ1) is 14.9. The van der Waals surface area contributed by atoms with Gasteiger partial charge in [0.25, 0.3) is 0 Å². The highest BCUT2D eigenvalue weighted by Crippen LogP contribution is 2.22. The van der Waals surface area contributed by atoms with Crippen molar-refractivity contribution in [2.75, 3.05) is 24.7 Å². The number of sulfonamides is 1. The maximum atomic E-state index is 13.0. The molecule has 1 aliphatic heterocycles. The average Bonchev–Trinajstić information content (AvgIpc) is 2.76. The van der Waals surface area contributed by atoms with E-state index in [0.717, 1.165) is 0 Å². The third-order valence-electron chi connectivity index (χ3n) is 3.30. The fourth-order valence-corrected chi connectivity index (χ4v) is 3.22. The summed E-state index contributed by atoms with van der Waals surface area (Å²) in [4.78, 5) is 11.8. The Hall–Kier alpha value is -1.47. The molecule has 1 aromatic carbocycles. The highest BCUT2D eigenvalue weighted by molar-refractivity contribution is 7.88. The van der Waals surface area contributed by atoms with Crippen molar-refractivity contribution in [3.63, 3.8) is 0 Å². The fraction of sp³-hybridized carbons (Fsp3) is 0.462. The van der Waals surface area contributed by atoms with Crippen LogP contribution in [0.5, 0.6) is 0 Å². The minimum absolute atomic E-state index is 0.0123. The van der Waals surface area contributed by atoms with Gasteiger partial charge < -0.3 is 5.32 Å². The number of anilines is 1. The molecule has 1 aliphatic rings. The van der Waals surface area contributed by atoms with Gasteiger partial charge in [0.15, 0.2) is 0 Å². The normalized spacial score (nSPS) is 20.0. The molecule has 5 nitrogen and oxygen atoms in total. The zero-order chi connectivity index (χ0) is 14.8. The lowest BCUT2D eigenvalue weighted by molar-refractivity contribution is -0.117. The van der Waals surface area contributed by atoms with Crippen molar-refractivity contribution in [3.8, 4) is 0 Å². The van der Waals surface area contributed by atoms with Crippen LogP contribution in [0.1, 0.15) is 12.8 Å². The molecule has 1 unspecified atom stereocenters. The van der Waals surface area contributed by atoms with Gasteiger partial charge in [-0.25, -0.2) is 17.1 Å². The molecule has 1 aromatic rings. The number of rotatable bonds is 4. The Morgan fingerprint density at radius 1 is 1.50 bits per heavy atom. The molecular weight excluding hydrogens is 283 g/mol. The van der Waals surface area contributed by atoms with Crippen molar-refractivity contribution in [1.29, 1.82) is 0 Å². The molecule has 2 rings (SSSR count). The molecule has 110 valence electrons. The topological polar surface area (TPSA) is 66.5 Å². The molecule has 0 aromatic heterocycles. The minimum Gasteiger partial charge on any atom is -0.326 e. The number of carbonyl (C=O) groups excluding carboxylic acids is 1. The molecule has 1 amide bonds. The Labute approximate surface area is 117 Å². The van der Waals surface area contributed by atoms with E-state index >= 15 is 0 Å². The summed E-state index contributed by atoms with van der Waals surface area (Å²) >= 11 is 0. The second-order valence-electron chi connectivity index (χ2n) is 5.04. The van der Waals surface area contributed by atoms with Crippen molar-refractivity contribution < 1.29 is 17.6 Å². The van der Waals surface area contributed by atoms with Crippen LogP contribution >= 0.6 is 0 Å². The lowest BCUT2D eigenvalue weighted by atomic mass is 10.0. The molecule has 0 saturated carbocycles. The van der Waals surface area contributed by atoms with E-state index in [4.69, 9.17) is 0 Å².